The molecule has 106 valence electrons. The Morgan fingerprint density at radius 3 is 3.10 bits per heavy atom. The topological polar surface area (TPSA) is 69.4 Å². The minimum Gasteiger partial charge on any atom is -0.496 e. The van der Waals surface area contributed by atoms with Crippen LogP contribution in [0.4, 0.5) is 0 Å². The van der Waals surface area contributed by atoms with Crippen molar-refractivity contribution in [1.82, 2.24) is 15.5 Å². The zero-order valence-corrected chi connectivity index (χ0v) is 11.7. The highest BCUT2D eigenvalue weighted by molar-refractivity contribution is 6.30. The van der Waals surface area contributed by atoms with Gasteiger partial charge < -0.3 is 19.3 Å². The van der Waals surface area contributed by atoms with Crippen LogP contribution in [-0.2, 0) is 4.74 Å². The van der Waals surface area contributed by atoms with Crippen LogP contribution in [0.5, 0.6) is 5.75 Å². The number of hydrogen-bond acceptors (Lipinski definition) is 6. The molecule has 0 bridgehead atoms. The fraction of sp³-hybridized carbons (Fsp3) is 0.385. The summed E-state index contributed by atoms with van der Waals surface area (Å²) in [6, 6.07) is 5.22. The summed E-state index contributed by atoms with van der Waals surface area (Å²) >= 11 is 5.94. The minimum absolute atomic E-state index is 0.0664. The van der Waals surface area contributed by atoms with E-state index in [0.29, 0.717) is 35.7 Å². The van der Waals surface area contributed by atoms with E-state index in [-0.39, 0.29) is 6.04 Å². The smallest absolute Gasteiger partial charge is 0.246 e. The van der Waals surface area contributed by atoms with Gasteiger partial charge in [-0.3, -0.25) is 0 Å². The second kappa shape index (κ2) is 5.78. The summed E-state index contributed by atoms with van der Waals surface area (Å²) in [5.74, 6) is 1.59. The highest BCUT2D eigenvalue weighted by atomic mass is 35.5. The van der Waals surface area contributed by atoms with Gasteiger partial charge in [0.1, 0.15) is 11.8 Å². The van der Waals surface area contributed by atoms with Crippen LogP contribution >= 0.6 is 11.6 Å². The summed E-state index contributed by atoms with van der Waals surface area (Å²) in [5.41, 5.74) is 0.739. The van der Waals surface area contributed by atoms with Crippen LogP contribution in [-0.4, -0.2) is 37.0 Å². The molecule has 0 radical (unpaired) electrons. The molecule has 1 unspecified atom stereocenters. The molecule has 6 nitrogen and oxygen atoms in total. The molecule has 0 saturated carbocycles. The van der Waals surface area contributed by atoms with Crippen molar-refractivity contribution in [2.24, 2.45) is 0 Å². The average molecular weight is 296 g/mol. The third kappa shape index (κ3) is 2.63. The summed E-state index contributed by atoms with van der Waals surface area (Å²) in [5, 5.41) is 7.85. The third-order valence-corrected chi connectivity index (χ3v) is 3.30. The SMILES string of the molecule is COc1cc(Cl)ccc1-c1noc(C2COCCN2)n1. The van der Waals surface area contributed by atoms with Gasteiger partial charge in [-0.1, -0.05) is 16.8 Å². The molecule has 1 N–H and O–H groups in total. The molecule has 0 amide bonds. The van der Waals surface area contributed by atoms with Crippen molar-refractivity contribution >= 4 is 11.6 Å². The van der Waals surface area contributed by atoms with Gasteiger partial charge in [-0.2, -0.15) is 4.98 Å². The molecule has 3 rings (SSSR count). The van der Waals surface area contributed by atoms with Gasteiger partial charge in [0, 0.05) is 11.6 Å². The monoisotopic (exact) mass is 295 g/mol. The molecule has 1 atom stereocenters. The molecule has 1 saturated heterocycles. The van der Waals surface area contributed by atoms with E-state index in [0.717, 1.165) is 12.1 Å². The van der Waals surface area contributed by atoms with E-state index in [1.165, 1.54) is 0 Å². The Balaban J connectivity index is 1.89. The lowest BCUT2D eigenvalue weighted by Gasteiger charge is -2.20. The summed E-state index contributed by atoms with van der Waals surface area (Å²) in [6.45, 7) is 1.99. The summed E-state index contributed by atoms with van der Waals surface area (Å²) in [6.07, 6.45) is 0. The lowest BCUT2D eigenvalue weighted by Crippen LogP contribution is -2.34. The first-order valence-electron chi connectivity index (χ1n) is 6.26. The van der Waals surface area contributed by atoms with Gasteiger partial charge in [0.2, 0.25) is 11.7 Å². The van der Waals surface area contributed by atoms with E-state index in [1.807, 2.05) is 0 Å². The van der Waals surface area contributed by atoms with Crippen molar-refractivity contribution in [2.45, 2.75) is 6.04 Å². The van der Waals surface area contributed by atoms with Crippen LogP contribution in [0.25, 0.3) is 11.4 Å². The van der Waals surface area contributed by atoms with Gasteiger partial charge >= 0.3 is 0 Å². The molecule has 20 heavy (non-hydrogen) atoms. The van der Waals surface area contributed by atoms with Crippen molar-refractivity contribution in [3.05, 3.63) is 29.1 Å². The van der Waals surface area contributed by atoms with Gasteiger partial charge in [0.25, 0.3) is 0 Å². The van der Waals surface area contributed by atoms with E-state index >= 15 is 0 Å². The third-order valence-electron chi connectivity index (χ3n) is 3.07. The predicted molar refractivity (Wildman–Crippen MR) is 72.9 cm³/mol. The molecule has 2 aromatic rings. The van der Waals surface area contributed by atoms with E-state index in [4.69, 9.17) is 25.6 Å². The number of nitrogens with one attached hydrogen (secondary N) is 1. The van der Waals surface area contributed by atoms with Gasteiger partial charge in [-0.25, -0.2) is 0 Å². The Hall–Kier alpha value is -1.63. The van der Waals surface area contributed by atoms with Gasteiger partial charge in [0.05, 0.1) is 25.9 Å². The van der Waals surface area contributed by atoms with Crippen LogP contribution in [0.3, 0.4) is 0 Å². The maximum Gasteiger partial charge on any atom is 0.246 e. The fourth-order valence-electron chi connectivity index (χ4n) is 2.06. The summed E-state index contributed by atoms with van der Waals surface area (Å²) < 4.78 is 16.0. The van der Waals surface area contributed by atoms with E-state index in [2.05, 4.69) is 15.5 Å². The maximum absolute atomic E-state index is 5.94. The summed E-state index contributed by atoms with van der Waals surface area (Å²) in [7, 11) is 1.58. The van der Waals surface area contributed by atoms with Crippen LogP contribution < -0.4 is 10.1 Å². The normalized spacial score (nSPS) is 19.0. The van der Waals surface area contributed by atoms with Crippen LogP contribution in [0.2, 0.25) is 5.02 Å². The fourth-order valence-corrected chi connectivity index (χ4v) is 2.22. The predicted octanol–water partition coefficient (Wildman–Crippen LogP) is 2.06. The number of morpholine rings is 1. The molecule has 1 aliphatic heterocycles. The number of rotatable bonds is 3. The maximum atomic E-state index is 5.94. The molecule has 1 aromatic carbocycles. The quantitative estimate of drug-likeness (QED) is 0.935. The van der Waals surface area contributed by atoms with Gasteiger partial charge in [-0.05, 0) is 18.2 Å². The molecule has 2 heterocycles. The molecule has 1 fully saturated rings. The van der Waals surface area contributed by atoms with Crippen LogP contribution in [0.15, 0.2) is 22.7 Å². The zero-order valence-electron chi connectivity index (χ0n) is 10.9. The van der Waals surface area contributed by atoms with Crippen molar-refractivity contribution < 1.29 is 14.0 Å². The zero-order chi connectivity index (χ0) is 13.9. The number of aromatic nitrogens is 2. The van der Waals surface area contributed by atoms with Crippen molar-refractivity contribution in [3.63, 3.8) is 0 Å². The first-order valence-corrected chi connectivity index (χ1v) is 6.64. The number of halogens is 1. The molecule has 0 spiro atoms. The molecular formula is C13H14ClN3O3. The van der Waals surface area contributed by atoms with Crippen molar-refractivity contribution in [1.29, 1.82) is 0 Å². The van der Waals surface area contributed by atoms with Crippen molar-refractivity contribution in [3.8, 4) is 17.1 Å². The second-order valence-corrected chi connectivity index (χ2v) is 4.82. The molecule has 0 aliphatic carbocycles. The van der Waals surface area contributed by atoms with Crippen molar-refractivity contribution in [2.75, 3.05) is 26.9 Å². The number of nitrogens with zero attached hydrogens (tertiary/aromatic N) is 2. The largest absolute Gasteiger partial charge is 0.496 e. The Morgan fingerprint density at radius 1 is 1.45 bits per heavy atom. The Labute approximate surface area is 121 Å². The molecule has 1 aliphatic rings. The number of ether oxygens (including phenoxy) is 2. The number of hydrogen-bond donors (Lipinski definition) is 1. The Morgan fingerprint density at radius 2 is 2.35 bits per heavy atom. The second-order valence-electron chi connectivity index (χ2n) is 4.38. The highest BCUT2D eigenvalue weighted by Crippen LogP contribution is 2.31. The molecular weight excluding hydrogens is 282 g/mol. The van der Waals surface area contributed by atoms with Gasteiger partial charge in [-0.15, -0.1) is 0 Å². The van der Waals surface area contributed by atoms with Gasteiger partial charge in [0.15, 0.2) is 0 Å². The van der Waals surface area contributed by atoms with E-state index in [1.54, 1.807) is 25.3 Å². The first kappa shape index (κ1) is 13.4. The minimum atomic E-state index is -0.0664. The lowest BCUT2D eigenvalue weighted by atomic mass is 10.2. The average Bonchev–Trinajstić information content (AvgIpc) is 2.97. The van der Waals surface area contributed by atoms with E-state index < -0.39 is 0 Å². The summed E-state index contributed by atoms with van der Waals surface area (Å²) in [4.78, 5) is 4.40. The Bertz CT molecular complexity index is 596. The van der Waals surface area contributed by atoms with E-state index in [9.17, 15) is 0 Å². The van der Waals surface area contributed by atoms with Crippen LogP contribution in [0.1, 0.15) is 11.9 Å². The standard InChI is InChI=1S/C13H14ClN3O3/c1-18-11-6-8(14)2-3-9(11)12-16-13(20-17-12)10-7-19-5-4-15-10/h2-3,6,10,15H,4-5,7H2,1H3. The highest BCUT2D eigenvalue weighted by Gasteiger charge is 2.23. The van der Waals surface area contributed by atoms with Crippen LogP contribution in [0, 0.1) is 0 Å². The number of benzene rings is 1. The lowest BCUT2D eigenvalue weighted by molar-refractivity contribution is 0.0659. The number of methoxy groups -OCH3 is 1. The first-order chi connectivity index (χ1) is 9.78. The molecule has 7 heteroatoms. The molecule has 1 aromatic heterocycles. The Kier molecular flexibility index (Phi) is 3.86.